The summed E-state index contributed by atoms with van der Waals surface area (Å²) < 4.78 is 19.1. The Balaban J connectivity index is 0.000000195. The fourth-order valence-corrected chi connectivity index (χ4v) is 3.14. The van der Waals surface area contributed by atoms with Crippen molar-refractivity contribution in [3.8, 4) is 0 Å². The van der Waals surface area contributed by atoms with Crippen LogP contribution >= 0.6 is 0 Å². The second kappa shape index (κ2) is 13.8. The lowest BCUT2D eigenvalue weighted by Crippen LogP contribution is -1.94. The highest BCUT2D eigenvalue weighted by Crippen LogP contribution is 2.13. The maximum Gasteiger partial charge on any atom is 0.104 e. The van der Waals surface area contributed by atoms with Crippen LogP contribution in [-0.2, 0) is 31.8 Å². The summed E-state index contributed by atoms with van der Waals surface area (Å²) in [5.74, 6) is 0. The number of rotatable bonds is 8. The van der Waals surface area contributed by atoms with Crippen LogP contribution in [0.15, 0.2) is 84.9 Å². The van der Waals surface area contributed by atoms with Crippen molar-refractivity contribution in [3.05, 3.63) is 107 Å². The molecule has 5 rings (SSSR count). The summed E-state index contributed by atoms with van der Waals surface area (Å²) in [7, 11) is 3.36. The Bertz CT molecular complexity index is 782. The first-order chi connectivity index (χ1) is 15.8. The number of ether oxygens (including phenoxy) is 4. The SMILES string of the molecule is COCC1CO1.COCC1CO1.c1ccc(Cc2ccc(Cc3ccccc3)cc2)cc1. The minimum atomic E-state index is 0.426. The number of benzene rings is 3. The predicted octanol–water partition coefficient (Wildman–Crippen LogP) is 4.93. The van der Waals surface area contributed by atoms with Crippen LogP contribution in [0.1, 0.15) is 22.3 Å². The molecule has 0 aliphatic carbocycles. The van der Waals surface area contributed by atoms with E-state index in [1.807, 2.05) is 0 Å². The molecule has 2 aliphatic heterocycles. The minimum Gasteiger partial charge on any atom is -0.382 e. The summed E-state index contributed by atoms with van der Waals surface area (Å²) in [6.45, 7) is 3.32. The van der Waals surface area contributed by atoms with Gasteiger partial charge in [0.15, 0.2) is 0 Å². The third-order valence-electron chi connectivity index (χ3n) is 5.03. The molecule has 2 aliphatic rings. The Morgan fingerprint density at radius 2 is 0.875 bits per heavy atom. The third-order valence-corrected chi connectivity index (χ3v) is 5.03. The van der Waals surface area contributed by atoms with Gasteiger partial charge in [0.05, 0.1) is 26.4 Å². The van der Waals surface area contributed by atoms with E-state index in [4.69, 9.17) is 18.9 Å². The molecule has 0 amide bonds. The van der Waals surface area contributed by atoms with Gasteiger partial charge in [-0.25, -0.2) is 0 Å². The molecule has 0 aromatic heterocycles. The number of hydrogen-bond donors (Lipinski definition) is 0. The van der Waals surface area contributed by atoms with Crippen molar-refractivity contribution in [1.82, 2.24) is 0 Å². The second-order valence-electron chi connectivity index (χ2n) is 7.96. The van der Waals surface area contributed by atoms with Crippen LogP contribution in [0, 0.1) is 0 Å². The van der Waals surface area contributed by atoms with E-state index in [9.17, 15) is 0 Å². The molecule has 4 heteroatoms. The maximum absolute atomic E-state index is 4.82. The Morgan fingerprint density at radius 3 is 1.12 bits per heavy atom. The first-order valence-corrected chi connectivity index (χ1v) is 11.1. The van der Waals surface area contributed by atoms with Gasteiger partial charge in [-0.3, -0.25) is 0 Å². The summed E-state index contributed by atoms with van der Waals surface area (Å²) in [5, 5.41) is 0. The highest BCUT2D eigenvalue weighted by molar-refractivity contribution is 5.31. The molecular weight excluding hydrogens is 400 g/mol. The zero-order chi connectivity index (χ0) is 22.4. The van der Waals surface area contributed by atoms with Gasteiger partial charge < -0.3 is 18.9 Å². The smallest absolute Gasteiger partial charge is 0.104 e. The van der Waals surface area contributed by atoms with E-state index >= 15 is 0 Å². The summed E-state index contributed by atoms with van der Waals surface area (Å²) in [6, 6.07) is 30.2. The molecule has 0 N–H and O–H groups in total. The Labute approximate surface area is 192 Å². The molecule has 2 fully saturated rings. The van der Waals surface area contributed by atoms with Crippen LogP contribution in [0.5, 0.6) is 0 Å². The number of methoxy groups -OCH3 is 2. The molecule has 3 aromatic rings. The number of hydrogen-bond acceptors (Lipinski definition) is 4. The Kier molecular flexibility index (Phi) is 10.4. The molecule has 2 heterocycles. The molecule has 0 spiro atoms. The average molecular weight is 435 g/mol. The molecule has 0 radical (unpaired) electrons. The van der Waals surface area contributed by atoms with Crippen molar-refractivity contribution in [3.63, 3.8) is 0 Å². The third kappa shape index (κ3) is 10.2. The van der Waals surface area contributed by atoms with Gasteiger partial charge in [-0.1, -0.05) is 84.9 Å². The lowest BCUT2D eigenvalue weighted by Gasteiger charge is -2.05. The fourth-order valence-electron chi connectivity index (χ4n) is 3.14. The molecule has 2 unspecified atom stereocenters. The highest BCUT2D eigenvalue weighted by Gasteiger charge is 2.21. The molecule has 32 heavy (non-hydrogen) atoms. The summed E-state index contributed by atoms with van der Waals surface area (Å²) in [4.78, 5) is 0. The lowest BCUT2D eigenvalue weighted by molar-refractivity contribution is 0.171. The maximum atomic E-state index is 4.82. The zero-order valence-electron chi connectivity index (χ0n) is 19.1. The summed E-state index contributed by atoms with van der Waals surface area (Å²) >= 11 is 0. The van der Waals surface area contributed by atoms with Crippen LogP contribution in [0.3, 0.4) is 0 Å². The van der Waals surface area contributed by atoms with Crippen LogP contribution in [0.4, 0.5) is 0 Å². The van der Waals surface area contributed by atoms with Crippen molar-refractivity contribution in [2.24, 2.45) is 0 Å². The highest BCUT2D eigenvalue weighted by atomic mass is 16.6. The molecule has 170 valence electrons. The first kappa shape index (κ1) is 24.1. The average Bonchev–Trinajstić information content (AvgIpc) is 3.75. The predicted molar refractivity (Wildman–Crippen MR) is 128 cm³/mol. The van der Waals surface area contributed by atoms with Crippen molar-refractivity contribution in [2.75, 3.05) is 40.6 Å². The van der Waals surface area contributed by atoms with E-state index in [0.717, 1.165) is 39.3 Å². The molecule has 2 saturated heterocycles. The molecule has 0 bridgehead atoms. The molecular formula is C28H34O4. The van der Waals surface area contributed by atoms with Gasteiger partial charge in [-0.2, -0.15) is 0 Å². The summed E-state index contributed by atoms with van der Waals surface area (Å²) in [5.41, 5.74) is 5.47. The van der Waals surface area contributed by atoms with Gasteiger partial charge in [0, 0.05) is 14.2 Å². The van der Waals surface area contributed by atoms with Gasteiger partial charge in [-0.15, -0.1) is 0 Å². The van der Waals surface area contributed by atoms with E-state index in [-0.39, 0.29) is 0 Å². The van der Waals surface area contributed by atoms with E-state index in [2.05, 4.69) is 84.9 Å². The van der Waals surface area contributed by atoms with Gasteiger partial charge in [0.1, 0.15) is 12.2 Å². The largest absolute Gasteiger partial charge is 0.382 e. The van der Waals surface area contributed by atoms with E-state index in [0.29, 0.717) is 12.2 Å². The fraction of sp³-hybridized carbons (Fsp3) is 0.357. The normalized spacial score (nSPS) is 17.9. The molecule has 2 atom stereocenters. The monoisotopic (exact) mass is 434 g/mol. The molecule has 4 nitrogen and oxygen atoms in total. The van der Waals surface area contributed by atoms with Gasteiger partial charge in [-0.05, 0) is 35.1 Å². The van der Waals surface area contributed by atoms with Crippen LogP contribution in [0.2, 0.25) is 0 Å². The zero-order valence-corrected chi connectivity index (χ0v) is 19.1. The van der Waals surface area contributed by atoms with Crippen LogP contribution in [0.25, 0.3) is 0 Å². The lowest BCUT2D eigenvalue weighted by atomic mass is 10.0. The summed E-state index contributed by atoms with van der Waals surface area (Å²) in [6.07, 6.45) is 2.86. The van der Waals surface area contributed by atoms with Crippen molar-refractivity contribution >= 4 is 0 Å². The topological polar surface area (TPSA) is 43.5 Å². The van der Waals surface area contributed by atoms with Crippen molar-refractivity contribution < 1.29 is 18.9 Å². The van der Waals surface area contributed by atoms with Crippen molar-refractivity contribution in [2.45, 2.75) is 25.0 Å². The van der Waals surface area contributed by atoms with Gasteiger partial charge in [0.25, 0.3) is 0 Å². The Morgan fingerprint density at radius 1 is 0.562 bits per heavy atom. The quantitative estimate of drug-likeness (QED) is 0.472. The van der Waals surface area contributed by atoms with Crippen molar-refractivity contribution in [1.29, 1.82) is 0 Å². The van der Waals surface area contributed by atoms with Crippen LogP contribution < -0.4 is 0 Å². The van der Waals surface area contributed by atoms with E-state index in [1.54, 1.807) is 14.2 Å². The molecule has 3 aromatic carbocycles. The Hall–Kier alpha value is -2.50. The minimum absolute atomic E-state index is 0.426. The molecule has 0 saturated carbocycles. The van der Waals surface area contributed by atoms with Crippen LogP contribution in [-0.4, -0.2) is 52.9 Å². The van der Waals surface area contributed by atoms with E-state index in [1.165, 1.54) is 22.3 Å². The van der Waals surface area contributed by atoms with E-state index < -0.39 is 0 Å². The van der Waals surface area contributed by atoms with Gasteiger partial charge in [0.2, 0.25) is 0 Å². The first-order valence-electron chi connectivity index (χ1n) is 11.1. The second-order valence-corrected chi connectivity index (χ2v) is 7.96. The van der Waals surface area contributed by atoms with Gasteiger partial charge >= 0.3 is 0 Å². The standard InChI is InChI=1S/C20H18.2C4H8O2/c1-3-7-17(8-4-1)15-19-11-13-20(14-12-19)16-18-9-5-2-6-10-18;2*1-5-2-4-3-6-4/h1-14H,15-16H2;2*4H,2-3H2,1H3. The number of epoxide rings is 2.